The van der Waals surface area contributed by atoms with Crippen LogP contribution in [0.3, 0.4) is 0 Å². The maximum absolute atomic E-state index is 4.32. The van der Waals surface area contributed by atoms with Crippen molar-refractivity contribution < 1.29 is 0 Å². The summed E-state index contributed by atoms with van der Waals surface area (Å²) in [5, 5.41) is 4.32. The number of nitrogens with zero attached hydrogens (tertiary/aromatic N) is 1. The first kappa shape index (κ1) is 7.07. The van der Waals surface area contributed by atoms with Crippen LogP contribution in [0.2, 0.25) is 0 Å². The highest BCUT2D eigenvalue weighted by molar-refractivity contribution is 4.69. The lowest BCUT2D eigenvalue weighted by molar-refractivity contribution is 0.505. The van der Waals surface area contributed by atoms with Crippen molar-refractivity contribution in [1.29, 1.82) is 0 Å². The van der Waals surface area contributed by atoms with E-state index in [0.717, 1.165) is 19.0 Å². The van der Waals surface area contributed by atoms with Crippen LogP contribution in [0.25, 0.3) is 0 Å². The van der Waals surface area contributed by atoms with Crippen molar-refractivity contribution in [3.63, 3.8) is 0 Å². The number of rotatable bonds is 3. The molecule has 0 amide bonds. The van der Waals surface area contributed by atoms with Crippen LogP contribution in [0.5, 0.6) is 0 Å². The van der Waals surface area contributed by atoms with E-state index in [4.69, 9.17) is 0 Å². The molecule has 53 valence electrons. The third kappa shape index (κ3) is 2.35. The predicted octanol–water partition coefficient (Wildman–Crippen LogP) is 1.80. The van der Waals surface area contributed by atoms with Crippen molar-refractivity contribution in [2.75, 3.05) is 13.1 Å². The minimum absolute atomic E-state index is 0.949. The minimum atomic E-state index is 0.949. The van der Waals surface area contributed by atoms with E-state index in [-0.39, 0.29) is 0 Å². The molecule has 1 heteroatoms. The molecule has 1 aliphatic heterocycles. The Morgan fingerprint density at radius 2 is 2.44 bits per heavy atom. The van der Waals surface area contributed by atoms with E-state index in [9.17, 15) is 0 Å². The van der Waals surface area contributed by atoms with Crippen molar-refractivity contribution in [3.8, 4) is 0 Å². The molecule has 0 saturated carbocycles. The lowest BCUT2D eigenvalue weighted by Gasteiger charge is -2.03. The summed E-state index contributed by atoms with van der Waals surface area (Å²) in [7, 11) is 0. The quantitative estimate of drug-likeness (QED) is 0.547. The molecular formula is C8H16N. The molecule has 0 N–H and O–H groups in total. The van der Waals surface area contributed by atoms with E-state index in [2.05, 4.69) is 12.2 Å². The van der Waals surface area contributed by atoms with Crippen molar-refractivity contribution in [2.45, 2.75) is 32.6 Å². The van der Waals surface area contributed by atoms with Gasteiger partial charge in [-0.15, -0.1) is 0 Å². The average molecular weight is 126 g/mol. The van der Waals surface area contributed by atoms with Crippen molar-refractivity contribution in [1.82, 2.24) is 5.32 Å². The molecule has 0 aromatic carbocycles. The molecule has 1 fully saturated rings. The molecular weight excluding hydrogens is 110 g/mol. The zero-order chi connectivity index (χ0) is 6.53. The SMILES string of the molecule is CCCCC1CC[N]C1. The normalized spacial score (nSPS) is 27.0. The molecule has 0 aromatic heterocycles. The Hall–Kier alpha value is -0.0400. The van der Waals surface area contributed by atoms with Crippen LogP contribution in [0.4, 0.5) is 0 Å². The van der Waals surface area contributed by atoms with E-state index in [1.165, 1.54) is 25.7 Å². The highest BCUT2D eigenvalue weighted by Gasteiger charge is 2.13. The van der Waals surface area contributed by atoms with Gasteiger partial charge in [-0.1, -0.05) is 19.8 Å². The van der Waals surface area contributed by atoms with E-state index in [1.54, 1.807) is 0 Å². The Labute approximate surface area is 57.8 Å². The molecule has 1 aliphatic rings. The molecule has 1 radical (unpaired) electrons. The third-order valence-electron chi connectivity index (χ3n) is 2.05. The largest absolute Gasteiger partial charge is 0.241 e. The number of unbranched alkanes of at least 4 members (excludes halogenated alkanes) is 1. The van der Waals surface area contributed by atoms with Gasteiger partial charge in [0.25, 0.3) is 0 Å². The van der Waals surface area contributed by atoms with Gasteiger partial charge < -0.3 is 0 Å². The van der Waals surface area contributed by atoms with Gasteiger partial charge >= 0.3 is 0 Å². The Morgan fingerprint density at radius 3 is 3.00 bits per heavy atom. The van der Waals surface area contributed by atoms with Gasteiger partial charge in [-0.3, -0.25) is 0 Å². The van der Waals surface area contributed by atoms with E-state index >= 15 is 0 Å². The second kappa shape index (κ2) is 3.89. The highest BCUT2D eigenvalue weighted by Crippen LogP contribution is 2.15. The summed E-state index contributed by atoms with van der Waals surface area (Å²) in [6.45, 7) is 4.54. The molecule has 1 nitrogen and oxygen atoms in total. The van der Waals surface area contributed by atoms with Gasteiger partial charge in [0.1, 0.15) is 0 Å². The molecule has 0 aromatic rings. The molecule has 9 heavy (non-hydrogen) atoms. The Bertz CT molecular complexity index is 65.0. The van der Waals surface area contributed by atoms with Gasteiger partial charge in [-0.2, -0.15) is 0 Å². The van der Waals surface area contributed by atoms with Gasteiger partial charge in [0, 0.05) is 13.1 Å². The van der Waals surface area contributed by atoms with Gasteiger partial charge in [-0.05, 0) is 18.8 Å². The van der Waals surface area contributed by atoms with E-state index < -0.39 is 0 Å². The second-order valence-electron chi connectivity index (χ2n) is 2.93. The third-order valence-corrected chi connectivity index (χ3v) is 2.05. The van der Waals surface area contributed by atoms with Gasteiger partial charge in [0.2, 0.25) is 0 Å². The maximum atomic E-state index is 4.32. The van der Waals surface area contributed by atoms with Gasteiger partial charge in [-0.25, -0.2) is 5.32 Å². The first-order valence-corrected chi connectivity index (χ1v) is 4.06. The first-order chi connectivity index (χ1) is 4.43. The van der Waals surface area contributed by atoms with Crippen molar-refractivity contribution in [3.05, 3.63) is 0 Å². The topological polar surface area (TPSA) is 14.1 Å². The van der Waals surface area contributed by atoms with Gasteiger partial charge in [0.15, 0.2) is 0 Å². The number of hydrogen-bond donors (Lipinski definition) is 0. The van der Waals surface area contributed by atoms with E-state index in [1.807, 2.05) is 0 Å². The number of hydrogen-bond acceptors (Lipinski definition) is 0. The molecule has 1 saturated heterocycles. The molecule has 0 aliphatic carbocycles. The second-order valence-corrected chi connectivity index (χ2v) is 2.93. The zero-order valence-corrected chi connectivity index (χ0v) is 6.27. The van der Waals surface area contributed by atoms with Crippen LogP contribution in [0, 0.1) is 5.92 Å². The lowest BCUT2D eigenvalue weighted by Crippen LogP contribution is -2.01. The van der Waals surface area contributed by atoms with Crippen molar-refractivity contribution in [2.24, 2.45) is 5.92 Å². The summed E-state index contributed by atoms with van der Waals surface area (Å²) in [6.07, 6.45) is 5.52. The van der Waals surface area contributed by atoms with Crippen LogP contribution in [0.1, 0.15) is 32.6 Å². The highest BCUT2D eigenvalue weighted by atomic mass is 14.9. The summed E-state index contributed by atoms with van der Waals surface area (Å²) in [5.74, 6) is 0.949. The lowest BCUT2D eigenvalue weighted by atomic mass is 10.0. The minimum Gasteiger partial charge on any atom is -0.241 e. The summed E-state index contributed by atoms with van der Waals surface area (Å²) < 4.78 is 0. The monoisotopic (exact) mass is 126 g/mol. The Kier molecular flexibility index (Phi) is 3.05. The van der Waals surface area contributed by atoms with Crippen molar-refractivity contribution >= 4 is 0 Å². The Morgan fingerprint density at radius 1 is 1.56 bits per heavy atom. The van der Waals surface area contributed by atoms with E-state index in [0.29, 0.717) is 0 Å². The fourth-order valence-electron chi connectivity index (χ4n) is 1.37. The fraction of sp³-hybridized carbons (Fsp3) is 1.00. The molecule has 0 spiro atoms. The van der Waals surface area contributed by atoms with Crippen LogP contribution < -0.4 is 5.32 Å². The van der Waals surface area contributed by atoms with Crippen LogP contribution >= 0.6 is 0 Å². The smallest absolute Gasteiger partial charge is 0.0162 e. The standard InChI is InChI=1S/C8H16N/c1-2-3-4-8-5-6-9-7-8/h8H,2-7H2,1H3. The van der Waals surface area contributed by atoms with Crippen LogP contribution in [-0.2, 0) is 0 Å². The summed E-state index contributed by atoms with van der Waals surface area (Å²) >= 11 is 0. The predicted molar refractivity (Wildman–Crippen MR) is 39.5 cm³/mol. The average Bonchev–Trinajstić information content (AvgIpc) is 2.34. The molecule has 1 rings (SSSR count). The molecule has 1 heterocycles. The van der Waals surface area contributed by atoms with Crippen LogP contribution in [-0.4, -0.2) is 13.1 Å². The first-order valence-electron chi connectivity index (χ1n) is 4.06. The summed E-state index contributed by atoms with van der Waals surface area (Å²) in [5.41, 5.74) is 0. The van der Waals surface area contributed by atoms with Crippen LogP contribution in [0.15, 0.2) is 0 Å². The zero-order valence-electron chi connectivity index (χ0n) is 6.27. The molecule has 0 bridgehead atoms. The summed E-state index contributed by atoms with van der Waals surface area (Å²) in [4.78, 5) is 0. The molecule has 1 unspecified atom stereocenters. The molecule has 1 atom stereocenters. The maximum Gasteiger partial charge on any atom is 0.0162 e. The Balaban J connectivity index is 1.98. The summed E-state index contributed by atoms with van der Waals surface area (Å²) in [6, 6.07) is 0. The fourth-order valence-corrected chi connectivity index (χ4v) is 1.37. The van der Waals surface area contributed by atoms with Gasteiger partial charge in [0.05, 0.1) is 0 Å².